The Hall–Kier alpha value is -1.08. The van der Waals surface area contributed by atoms with Crippen LogP contribution in [0.4, 0.5) is 0 Å². The van der Waals surface area contributed by atoms with Crippen molar-refractivity contribution in [2.24, 2.45) is 0 Å². The number of nitrogens with zero attached hydrogens (tertiary/aromatic N) is 1. The molecule has 1 atom stereocenters. The average molecular weight is 429 g/mol. The van der Waals surface area contributed by atoms with Crippen molar-refractivity contribution in [3.05, 3.63) is 48.6 Å². The van der Waals surface area contributed by atoms with Gasteiger partial charge in [0, 0.05) is 5.56 Å². The number of quaternary nitrogens is 1. The quantitative estimate of drug-likeness (QED) is 0.110. The number of rotatable bonds is 20. The third-order valence-electron chi connectivity index (χ3n) is 7.52. The van der Waals surface area contributed by atoms with Crippen molar-refractivity contribution in [3.63, 3.8) is 0 Å². The van der Waals surface area contributed by atoms with Gasteiger partial charge >= 0.3 is 0 Å². The number of hydrogen-bond acceptors (Lipinski definition) is 0. The second kappa shape index (κ2) is 16.5. The second-order valence-corrected chi connectivity index (χ2v) is 10.2. The Morgan fingerprint density at radius 1 is 0.677 bits per heavy atom. The van der Waals surface area contributed by atoms with Gasteiger partial charge in [-0.05, 0) is 45.6 Å². The summed E-state index contributed by atoms with van der Waals surface area (Å²) in [4.78, 5) is 0. The lowest BCUT2D eigenvalue weighted by Gasteiger charge is -2.51. The van der Waals surface area contributed by atoms with Crippen LogP contribution in [-0.2, 0) is 5.54 Å². The standard InChI is InChI=1S/C30H54N/c1-6-9-11-13-14-15-16-17-18-23-28-31(26-8-3,27-22-12-10-7-2)30(4,5)29-24-20-19-21-25-29/h8,19-21,24-25H,3,6-7,9-18,22-23,26-28H2,1-2,4-5H3/q+1. The third kappa shape index (κ3) is 9.94. The van der Waals surface area contributed by atoms with Crippen LogP contribution in [0.3, 0.4) is 0 Å². The lowest BCUT2D eigenvalue weighted by molar-refractivity contribution is -0.975. The second-order valence-electron chi connectivity index (χ2n) is 10.2. The Bertz CT molecular complexity index is 547. The maximum absolute atomic E-state index is 4.18. The first-order chi connectivity index (χ1) is 15.0. The summed E-state index contributed by atoms with van der Waals surface area (Å²) in [6.07, 6.45) is 21.6. The zero-order valence-corrected chi connectivity index (χ0v) is 21.6. The highest BCUT2D eigenvalue weighted by molar-refractivity contribution is 5.21. The molecule has 178 valence electrons. The van der Waals surface area contributed by atoms with Crippen molar-refractivity contribution >= 4 is 0 Å². The van der Waals surface area contributed by atoms with E-state index in [4.69, 9.17) is 0 Å². The Morgan fingerprint density at radius 2 is 1.10 bits per heavy atom. The smallest absolute Gasteiger partial charge is 0.119 e. The Morgan fingerprint density at radius 3 is 1.55 bits per heavy atom. The molecule has 1 nitrogen and oxygen atoms in total. The van der Waals surface area contributed by atoms with Gasteiger partial charge in [-0.25, -0.2) is 0 Å². The van der Waals surface area contributed by atoms with Crippen LogP contribution in [-0.4, -0.2) is 24.1 Å². The lowest BCUT2D eigenvalue weighted by atomic mass is 9.87. The molecule has 0 amide bonds. The van der Waals surface area contributed by atoms with Gasteiger partial charge in [-0.3, -0.25) is 0 Å². The van der Waals surface area contributed by atoms with Gasteiger partial charge in [0.2, 0.25) is 0 Å². The van der Waals surface area contributed by atoms with Crippen LogP contribution in [0.1, 0.15) is 123 Å². The number of unbranched alkanes of at least 4 members (excludes halogenated alkanes) is 12. The molecule has 1 unspecified atom stereocenters. The zero-order valence-electron chi connectivity index (χ0n) is 21.6. The highest BCUT2D eigenvalue weighted by atomic mass is 15.4. The molecule has 31 heavy (non-hydrogen) atoms. The fourth-order valence-corrected chi connectivity index (χ4v) is 5.19. The summed E-state index contributed by atoms with van der Waals surface area (Å²) in [5.41, 5.74) is 1.58. The molecule has 0 aliphatic rings. The van der Waals surface area contributed by atoms with Gasteiger partial charge < -0.3 is 4.48 Å². The van der Waals surface area contributed by atoms with E-state index in [1.54, 1.807) is 0 Å². The minimum Gasteiger partial charge on any atom is -0.312 e. The molecule has 0 saturated carbocycles. The molecule has 1 heteroatoms. The van der Waals surface area contributed by atoms with Crippen molar-refractivity contribution in [1.29, 1.82) is 0 Å². The van der Waals surface area contributed by atoms with E-state index >= 15 is 0 Å². The van der Waals surface area contributed by atoms with E-state index in [0.717, 1.165) is 11.0 Å². The molecule has 0 aliphatic heterocycles. The number of benzene rings is 1. The predicted octanol–water partition coefficient (Wildman–Crippen LogP) is 9.43. The average Bonchev–Trinajstić information content (AvgIpc) is 2.78. The monoisotopic (exact) mass is 428 g/mol. The summed E-state index contributed by atoms with van der Waals surface area (Å²) in [5, 5.41) is 0. The molecule has 1 rings (SSSR count). The first-order valence-electron chi connectivity index (χ1n) is 13.6. The van der Waals surface area contributed by atoms with Gasteiger partial charge in [0.05, 0.1) is 19.6 Å². The maximum atomic E-state index is 4.18. The van der Waals surface area contributed by atoms with Crippen LogP contribution in [0, 0.1) is 0 Å². The van der Waals surface area contributed by atoms with Crippen molar-refractivity contribution in [2.45, 2.75) is 123 Å². The van der Waals surface area contributed by atoms with Gasteiger partial charge in [0.15, 0.2) is 0 Å². The highest BCUT2D eigenvalue weighted by Gasteiger charge is 2.43. The molecule has 0 aromatic heterocycles. The van der Waals surface area contributed by atoms with Crippen LogP contribution in [0.15, 0.2) is 43.0 Å². The van der Waals surface area contributed by atoms with Gasteiger partial charge in [-0.15, -0.1) is 0 Å². The Kier molecular flexibility index (Phi) is 14.9. The molecule has 0 radical (unpaired) electrons. The SMILES string of the molecule is C=CC[N+](CCCCCC)(CCCCCCCCCCCC)C(C)(C)c1ccccc1. The first kappa shape index (κ1) is 28.0. The Labute approximate surface area is 195 Å². The van der Waals surface area contributed by atoms with Crippen LogP contribution < -0.4 is 0 Å². The zero-order chi connectivity index (χ0) is 22.8. The van der Waals surface area contributed by atoms with Crippen LogP contribution >= 0.6 is 0 Å². The normalized spacial score (nSPS) is 13.8. The van der Waals surface area contributed by atoms with Crippen molar-refractivity contribution in [2.75, 3.05) is 19.6 Å². The molecule has 0 saturated heterocycles. The van der Waals surface area contributed by atoms with Crippen molar-refractivity contribution in [3.8, 4) is 0 Å². The summed E-state index contributed by atoms with van der Waals surface area (Å²) < 4.78 is 1.15. The van der Waals surface area contributed by atoms with Gasteiger partial charge in [-0.1, -0.05) is 115 Å². The van der Waals surface area contributed by atoms with E-state index in [9.17, 15) is 0 Å². The van der Waals surface area contributed by atoms with Gasteiger partial charge in [-0.2, -0.15) is 0 Å². The van der Waals surface area contributed by atoms with Crippen molar-refractivity contribution < 1.29 is 4.48 Å². The molecule has 1 aromatic carbocycles. The summed E-state index contributed by atoms with van der Waals surface area (Å²) in [5.74, 6) is 0. The van der Waals surface area contributed by atoms with E-state index in [2.05, 4.69) is 70.7 Å². The van der Waals surface area contributed by atoms with Crippen LogP contribution in [0.25, 0.3) is 0 Å². The molecule has 0 heterocycles. The Balaban J connectivity index is 2.68. The van der Waals surface area contributed by atoms with E-state index < -0.39 is 0 Å². The van der Waals surface area contributed by atoms with E-state index in [0.29, 0.717) is 0 Å². The molecule has 0 bridgehead atoms. The third-order valence-corrected chi connectivity index (χ3v) is 7.52. The van der Waals surface area contributed by atoms with Gasteiger partial charge in [0.25, 0.3) is 0 Å². The van der Waals surface area contributed by atoms with E-state index in [1.165, 1.54) is 109 Å². The van der Waals surface area contributed by atoms with Gasteiger partial charge in [0.1, 0.15) is 5.54 Å². The minimum absolute atomic E-state index is 0.112. The molecular formula is C30H54N+. The number of hydrogen-bond donors (Lipinski definition) is 0. The molecular weight excluding hydrogens is 374 g/mol. The predicted molar refractivity (Wildman–Crippen MR) is 141 cm³/mol. The fourth-order valence-electron chi connectivity index (χ4n) is 5.19. The van der Waals surface area contributed by atoms with Crippen LogP contribution in [0.5, 0.6) is 0 Å². The van der Waals surface area contributed by atoms with E-state index in [-0.39, 0.29) is 5.54 Å². The summed E-state index contributed by atoms with van der Waals surface area (Å²) in [6, 6.07) is 11.2. The molecule has 1 aromatic rings. The van der Waals surface area contributed by atoms with Crippen molar-refractivity contribution in [1.82, 2.24) is 0 Å². The summed E-state index contributed by atoms with van der Waals surface area (Å²) in [6.45, 7) is 17.4. The molecule has 0 aliphatic carbocycles. The molecule has 0 spiro atoms. The fraction of sp³-hybridized carbons (Fsp3) is 0.733. The summed E-state index contributed by atoms with van der Waals surface area (Å²) in [7, 11) is 0. The summed E-state index contributed by atoms with van der Waals surface area (Å²) >= 11 is 0. The minimum atomic E-state index is 0.112. The van der Waals surface area contributed by atoms with Crippen LogP contribution in [0.2, 0.25) is 0 Å². The first-order valence-corrected chi connectivity index (χ1v) is 13.6. The molecule has 0 N–H and O–H groups in total. The van der Waals surface area contributed by atoms with E-state index in [1.807, 2.05) is 0 Å². The topological polar surface area (TPSA) is 0 Å². The largest absolute Gasteiger partial charge is 0.312 e. The molecule has 0 fully saturated rings. The maximum Gasteiger partial charge on any atom is 0.119 e. The highest BCUT2D eigenvalue weighted by Crippen LogP contribution is 2.36. The lowest BCUT2D eigenvalue weighted by Crippen LogP contribution is -2.60.